The van der Waals surface area contributed by atoms with Crippen molar-refractivity contribution in [1.29, 1.82) is 0 Å². The molecule has 1 saturated heterocycles. The van der Waals surface area contributed by atoms with Crippen molar-refractivity contribution in [3.8, 4) is 0 Å². The first-order valence-electron chi connectivity index (χ1n) is 11.3. The van der Waals surface area contributed by atoms with Gasteiger partial charge in [0, 0.05) is 25.6 Å². The van der Waals surface area contributed by atoms with Gasteiger partial charge in [0.2, 0.25) is 15.9 Å². The summed E-state index contributed by atoms with van der Waals surface area (Å²) in [4.78, 5) is 12.7. The molecule has 5 nitrogen and oxygen atoms in total. The van der Waals surface area contributed by atoms with E-state index in [4.69, 9.17) is 0 Å². The molecule has 1 aliphatic rings. The second-order valence-electron chi connectivity index (χ2n) is 8.43. The Kier molecular flexibility index (Phi) is 7.22. The molecule has 4 rings (SSSR count). The summed E-state index contributed by atoms with van der Waals surface area (Å²) in [6, 6.07) is 24.2. The van der Waals surface area contributed by atoms with E-state index in [0.29, 0.717) is 38.9 Å². The highest BCUT2D eigenvalue weighted by Gasteiger charge is 2.30. The van der Waals surface area contributed by atoms with E-state index in [2.05, 4.69) is 23.5 Å². The first-order valence-corrected chi connectivity index (χ1v) is 12.9. The second kappa shape index (κ2) is 10.3. The zero-order valence-corrected chi connectivity index (χ0v) is 19.1. The van der Waals surface area contributed by atoms with Crippen LogP contribution in [0, 0.1) is 5.92 Å². The first-order chi connectivity index (χ1) is 15.5. The van der Waals surface area contributed by atoms with Gasteiger partial charge in [-0.15, -0.1) is 0 Å². The van der Waals surface area contributed by atoms with Gasteiger partial charge >= 0.3 is 0 Å². The highest BCUT2D eigenvalue weighted by Crippen LogP contribution is 2.22. The molecule has 1 amide bonds. The molecular formula is C26H30N2O3S. The van der Waals surface area contributed by atoms with Crippen molar-refractivity contribution in [2.45, 2.75) is 32.2 Å². The molecule has 0 bridgehead atoms. The highest BCUT2D eigenvalue weighted by atomic mass is 32.2. The van der Waals surface area contributed by atoms with Gasteiger partial charge in [-0.1, -0.05) is 72.8 Å². The average Bonchev–Trinajstić information content (AvgIpc) is 2.83. The molecule has 168 valence electrons. The normalized spacial score (nSPS) is 15.6. The molecule has 0 saturated carbocycles. The number of hydrogen-bond acceptors (Lipinski definition) is 3. The maximum Gasteiger partial charge on any atom is 0.223 e. The van der Waals surface area contributed by atoms with Crippen LogP contribution in [0.15, 0.2) is 72.8 Å². The summed E-state index contributed by atoms with van der Waals surface area (Å²) in [7, 11) is -3.28. The maximum absolute atomic E-state index is 12.7. The van der Waals surface area contributed by atoms with Gasteiger partial charge in [-0.2, -0.15) is 0 Å². The molecule has 32 heavy (non-hydrogen) atoms. The molecule has 6 heteroatoms. The zero-order chi connectivity index (χ0) is 22.4. The van der Waals surface area contributed by atoms with Gasteiger partial charge in [-0.05, 0) is 47.6 Å². The fourth-order valence-electron chi connectivity index (χ4n) is 4.40. The Balaban J connectivity index is 1.25. The third-order valence-electron chi connectivity index (χ3n) is 6.26. The Morgan fingerprint density at radius 1 is 0.906 bits per heavy atom. The van der Waals surface area contributed by atoms with Crippen LogP contribution in [0.1, 0.15) is 30.4 Å². The summed E-state index contributed by atoms with van der Waals surface area (Å²) >= 11 is 0. The van der Waals surface area contributed by atoms with Gasteiger partial charge in [0.05, 0.1) is 5.75 Å². The van der Waals surface area contributed by atoms with Crippen LogP contribution in [0.25, 0.3) is 10.8 Å². The Morgan fingerprint density at radius 2 is 1.59 bits per heavy atom. The van der Waals surface area contributed by atoms with Crippen LogP contribution < -0.4 is 5.32 Å². The number of carbonyl (C=O) groups is 1. The predicted molar refractivity (Wildman–Crippen MR) is 129 cm³/mol. The van der Waals surface area contributed by atoms with Gasteiger partial charge in [-0.25, -0.2) is 12.7 Å². The SMILES string of the molecule is O=C(NCc1cccc2ccccc12)C1CCN(S(=O)(=O)CCCc2ccccc2)CC1. The van der Waals surface area contributed by atoms with Gasteiger partial charge in [0.1, 0.15) is 0 Å². The smallest absolute Gasteiger partial charge is 0.223 e. The van der Waals surface area contributed by atoms with E-state index in [0.717, 1.165) is 28.3 Å². The molecule has 0 aliphatic carbocycles. The van der Waals surface area contributed by atoms with Gasteiger partial charge < -0.3 is 5.32 Å². The summed E-state index contributed by atoms with van der Waals surface area (Å²) < 4.78 is 27.0. The Hall–Kier alpha value is -2.70. The standard InChI is InChI=1S/C26H30N2O3S/c29-26(27-20-24-13-6-12-22-11-4-5-14-25(22)24)23-15-17-28(18-16-23)32(30,31)19-7-10-21-8-2-1-3-9-21/h1-6,8-9,11-14,23H,7,10,15-20H2,(H,27,29). The second-order valence-corrected chi connectivity index (χ2v) is 10.5. The topological polar surface area (TPSA) is 66.5 Å². The van der Waals surface area contributed by atoms with E-state index < -0.39 is 10.0 Å². The summed E-state index contributed by atoms with van der Waals surface area (Å²) in [5.74, 6) is 0.0274. The van der Waals surface area contributed by atoms with E-state index >= 15 is 0 Å². The third-order valence-corrected chi connectivity index (χ3v) is 8.22. The van der Waals surface area contributed by atoms with Gasteiger partial charge in [-0.3, -0.25) is 4.79 Å². The highest BCUT2D eigenvalue weighted by molar-refractivity contribution is 7.89. The fraction of sp³-hybridized carbons (Fsp3) is 0.346. The van der Waals surface area contributed by atoms with E-state index in [1.807, 2.05) is 54.6 Å². The molecule has 0 unspecified atom stereocenters. The number of fused-ring (bicyclic) bond motifs is 1. The van der Waals surface area contributed by atoms with Crippen molar-refractivity contribution in [2.24, 2.45) is 5.92 Å². The summed E-state index contributed by atoms with van der Waals surface area (Å²) in [5, 5.41) is 5.36. The number of carbonyl (C=O) groups excluding carboxylic acids is 1. The Morgan fingerprint density at radius 3 is 2.38 bits per heavy atom. The lowest BCUT2D eigenvalue weighted by molar-refractivity contribution is -0.126. The monoisotopic (exact) mass is 450 g/mol. The minimum Gasteiger partial charge on any atom is -0.352 e. The van der Waals surface area contributed by atoms with Crippen LogP contribution in [0.3, 0.4) is 0 Å². The van der Waals surface area contributed by atoms with Gasteiger partial charge in [0.25, 0.3) is 0 Å². The van der Waals surface area contributed by atoms with Crippen molar-refractivity contribution >= 4 is 26.7 Å². The molecule has 0 spiro atoms. The van der Waals surface area contributed by atoms with Gasteiger partial charge in [0.15, 0.2) is 0 Å². The third kappa shape index (κ3) is 5.56. The van der Waals surface area contributed by atoms with Crippen LogP contribution in [0.5, 0.6) is 0 Å². The summed E-state index contributed by atoms with van der Waals surface area (Å²) in [5.41, 5.74) is 2.25. The largest absolute Gasteiger partial charge is 0.352 e. The number of nitrogens with one attached hydrogen (secondary N) is 1. The molecule has 1 N–H and O–H groups in total. The number of rotatable bonds is 8. The van der Waals surface area contributed by atoms with Crippen LogP contribution in [-0.4, -0.2) is 37.5 Å². The van der Waals surface area contributed by atoms with Crippen molar-refractivity contribution in [3.63, 3.8) is 0 Å². The van der Waals surface area contributed by atoms with Crippen molar-refractivity contribution in [2.75, 3.05) is 18.8 Å². The number of amides is 1. The van der Waals surface area contributed by atoms with E-state index in [9.17, 15) is 13.2 Å². The molecule has 1 fully saturated rings. The maximum atomic E-state index is 12.7. The number of hydrogen-bond donors (Lipinski definition) is 1. The zero-order valence-electron chi connectivity index (χ0n) is 18.2. The number of benzene rings is 3. The molecular weight excluding hydrogens is 420 g/mol. The summed E-state index contributed by atoms with van der Waals surface area (Å²) in [6.07, 6.45) is 2.50. The fourth-order valence-corrected chi connectivity index (χ4v) is 5.94. The molecule has 1 aliphatic heterocycles. The molecule has 1 heterocycles. The lowest BCUT2D eigenvalue weighted by atomic mass is 9.97. The van der Waals surface area contributed by atoms with Crippen LogP contribution in [0.2, 0.25) is 0 Å². The molecule has 0 aromatic heterocycles. The predicted octanol–water partition coefficient (Wildman–Crippen LogP) is 4.13. The van der Waals surface area contributed by atoms with Crippen molar-refractivity contribution in [3.05, 3.63) is 83.9 Å². The number of piperidine rings is 1. The number of nitrogens with zero attached hydrogens (tertiary/aromatic N) is 1. The lowest BCUT2D eigenvalue weighted by Crippen LogP contribution is -2.43. The van der Waals surface area contributed by atoms with Crippen molar-refractivity contribution in [1.82, 2.24) is 9.62 Å². The molecule has 0 atom stereocenters. The molecule has 3 aromatic carbocycles. The molecule has 3 aromatic rings. The first kappa shape index (κ1) is 22.5. The quantitative estimate of drug-likeness (QED) is 0.561. The van der Waals surface area contributed by atoms with Crippen LogP contribution in [0.4, 0.5) is 0 Å². The van der Waals surface area contributed by atoms with Crippen molar-refractivity contribution < 1.29 is 13.2 Å². The van der Waals surface area contributed by atoms with Crippen LogP contribution >= 0.6 is 0 Å². The minimum atomic E-state index is -3.28. The lowest BCUT2D eigenvalue weighted by Gasteiger charge is -2.30. The van der Waals surface area contributed by atoms with E-state index in [1.54, 1.807) is 4.31 Å². The Bertz CT molecular complexity index is 1150. The Labute approximate surface area is 190 Å². The number of sulfonamides is 1. The molecule has 0 radical (unpaired) electrons. The van der Waals surface area contributed by atoms with Crippen LogP contribution in [-0.2, 0) is 27.8 Å². The van der Waals surface area contributed by atoms with E-state index in [1.165, 1.54) is 0 Å². The number of aryl methyl sites for hydroxylation is 1. The average molecular weight is 451 g/mol. The minimum absolute atomic E-state index is 0.0130. The summed E-state index contributed by atoms with van der Waals surface area (Å²) in [6.45, 7) is 1.32. The van der Waals surface area contributed by atoms with E-state index in [-0.39, 0.29) is 17.6 Å².